The second kappa shape index (κ2) is 7.82. The summed E-state index contributed by atoms with van der Waals surface area (Å²) in [4.78, 5) is 11.0. The predicted molar refractivity (Wildman–Crippen MR) is 71.3 cm³/mol. The Kier molecular flexibility index (Phi) is 7.63. The topological polar surface area (TPSA) is 67.8 Å². The zero-order valence-corrected chi connectivity index (χ0v) is 12.4. The smallest absolute Gasteiger partial charge is 0.334 e. The van der Waals surface area contributed by atoms with Crippen molar-refractivity contribution < 1.29 is 18.9 Å². The normalized spacial score (nSPS) is 16.0. The Morgan fingerprint density at radius 2 is 1.94 bits per heavy atom. The summed E-state index contributed by atoms with van der Waals surface area (Å²) < 4.78 is 10.7. The number of carboxylic acids is 1. The molecule has 0 rings (SSSR count). The van der Waals surface area contributed by atoms with E-state index in [0.29, 0.717) is 25.1 Å². The monoisotopic (exact) mass is 281 g/mol. The number of allylic oxidation sites excluding steroid dienone is 1. The molecule has 2 N–H and O–H groups in total. The van der Waals surface area contributed by atoms with Gasteiger partial charge in [-0.25, -0.2) is 9.88 Å². The molecule has 0 spiro atoms. The van der Waals surface area contributed by atoms with Crippen LogP contribution in [0.5, 0.6) is 0 Å². The molecule has 0 aromatic heterocycles. The van der Waals surface area contributed by atoms with Crippen LogP contribution in [0.4, 0.5) is 0 Å². The molecule has 0 aromatic carbocycles. The van der Waals surface area contributed by atoms with Gasteiger partial charge in [0.2, 0.25) is 0 Å². The lowest BCUT2D eigenvalue weighted by atomic mass is 10.1. The summed E-state index contributed by atoms with van der Waals surface area (Å²) in [6, 6.07) is 0. The Morgan fingerprint density at radius 3 is 2.24 bits per heavy atom. The molecule has 0 radical (unpaired) electrons. The lowest BCUT2D eigenvalue weighted by Crippen LogP contribution is -2.14. The van der Waals surface area contributed by atoms with Gasteiger partial charge in [0.15, 0.2) is 0 Å². The molecule has 0 fully saturated rings. The van der Waals surface area contributed by atoms with Crippen molar-refractivity contribution in [3.8, 4) is 0 Å². The van der Waals surface area contributed by atoms with Crippen LogP contribution in [0, 0.1) is 0 Å². The first-order chi connectivity index (χ1) is 7.94. The second-order valence-corrected chi connectivity index (χ2v) is 6.50. The molecule has 1 atom stereocenters. The summed E-state index contributed by atoms with van der Waals surface area (Å²) in [6.07, 6.45) is 0.867. The molecule has 0 aliphatic rings. The van der Waals surface area contributed by atoms with Crippen molar-refractivity contribution in [2.45, 2.75) is 33.6 Å². The molecule has 1 unspecified atom stereocenters. The third kappa shape index (κ3) is 5.17. The van der Waals surface area contributed by atoms with E-state index < -0.39 is 12.6 Å². The van der Waals surface area contributed by atoms with Gasteiger partial charge < -0.3 is 14.2 Å². The van der Waals surface area contributed by atoms with Crippen LogP contribution in [0.2, 0.25) is 0 Å². The lowest BCUT2D eigenvalue weighted by Gasteiger charge is -2.23. The Morgan fingerprint density at radius 1 is 1.35 bits per heavy atom. The average Bonchev–Trinajstić information content (AvgIpc) is 2.28. The molecular formula is C10H20NO4PS. The summed E-state index contributed by atoms with van der Waals surface area (Å²) in [5.74, 6) is -0.579. The minimum absolute atomic E-state index is 0.247. The fourth-order valence-electron chi connectivity index (χ4n) is 1.27. The number of aliphatic carboxylic acids is 1. The van der Waals surface area contributed by atoms with Gasteiger partial charge in [0, 0.05) is 20.1 Å². The molecule has 0 heterocycles. The van der Waals surface area contributed by atoms with Crippen molar-refractivity contribution in [3.63, 3.8) is 0 Å². The van der Waals surface area contributed by atoms with Crippen molar-refractivity contribution in [2.75, 3.05) is 13.7 Å². The highest BCUT2D eigenvalue weighted by molar-refractivity contribution is 8.09. The Labute approximate surface area is 107 Å². The van der Waals surface area contributed by atoms with Crippen LogP contribution >= 0.6 is 6.64 Å². The average molecular weight is 281 g/mol. The first kappa shape index (κ1) is 16.6. The van der Waals surface area contributed by atoms with Gasteiger partial charge in [-0.2, -0.15) is 0 Å². The van der Waals surface area contributed by atoms with E-state index in [1.54, 1.807) is 6.92 Å². The van der Waals surface area contributed by atoms with Crippen molar-refractivity contribution >= 4 is 24.4 Å². The van der Waals surface area contributed by atoms with Crippen LogP contribution in [0.1, 0.15) is 33.6 Å². The SMILES string of the molecule is CCNP(=S)(OC)O/C(CC)=C(\CC)C(=O)O. The zero-order valence-electron chi connectivity index (χ0n) is 10.6. The van der Waals surface area contributed by atoms with E-state index in [2.05, 4.69) is 5.09 Å². The van der Waals surface area contributed by atoms with E-state index in [-0.39, 0.29) is 5.57 Å². The quantitative estimate of drug-likeness (QED) is 0.405. The highest BCUT2D eigenvalue weighted by atomic mass is 32.5. The molecule has 0 saturated heterocycles. The maximum Gasteiger partial charge on any atom is 0.334 e. The largest absolute Gasteiger partial charge is 0.478 e. The number of rotatable bonds is 8. The van der Waals surface area contributed by atoms with Gasteiger partial charge in [-0.15, -0.1) is 0 Å². The molecular weight excluding hydrogens is 261 g/mol. The summed E-state index contributed by atoms with van der Waals surface area (Å²) >= 11 is 5.23. The highest BCUT2D eigenvalue weighted by Gasteiger charge is 2.22. The first-order valence-electron chi connectivity index (χ1n) is 5.49. The Balaban J connectivity index is 5.15. The number of hydrogen-bond donors (Lipinski definition) is 2. The Bertz CT molecular complexity index is 343. The molecule has 0 aliphatic heterocycles. The van der Waals surface area contributed by atoms with Crippen molar-refractivity contribution in [1.29, 1.82) is 0 Å². The van der Waals surface area contributed by atoms with Crippen molar-refractivity contribution in [2.24, 2.45) is 0 Å². The minimum Gasteiger partial charge on any atom is -0.478 e. The van der Waals surface area contributed by atoms with E-state index in [1.807, 2.05) is 13.8 Å². The van der Waals surface area contributed by atoms with Gasteiger partial charge >= 0.3 is 12.6 Å². The van der Waals surface area contributed by atoms with Gasteiger partial charge in [-0.1, -0.05) is 20.8 Å². The predicted octanol–water partition coefficient (Wildman–Crippen LogP) is 2.64. The van der Waals surface area contributed by atoms with Crippen LogP contribution in [0.25, 0.3) is 0 Å². The van der Waals surface area contributed by atoms with E-state index in [9.17, 15) is 4.79 Å². The zero-order chi connectivity index (χ0) is 13.5. The molecule has 0 bridgehead atoms. The molecule has 0 aromatic rings. The summed E-state index contributed by atoms with van der Waals surface area (Å²) in [5.41, 5.74) is 0.247. The minimum atomic E-state index is -2.62. The maximum absolute atomic E-state index is 11.0. The number of hydrogen-bond acceptors (Lipinski definition) is 4. The molecule has 7 heteroatoms. The second-order valence-electron chi connectivity index (χ2n) is 3.20. The number of carboxylic acid groups (broad SMARTS) is 1. The molecule has 0 amide bonds. The van der Waals surface area contributed by atoms with Gasteiger partial charge in [-0.05, 0) is 18.2 Å². The summed E-state index contributed by atoms with van der Waals surface area (Å²) in [5, 5.41) is 12.0. The Hall–Kier alpha value is -0.420. The number of carbonyl (C=O) groups is 1. The van der Waals surface area contributed by atoms with Gasteiger partial charge in [0.25, 0.3) is 0 Å². The van der Waals surface area contributed by atoms with Crippen molar-refractivity contribution in [1.82, 2.24) is 5.09 Å². The van der Waals surface area contributed by atoms with Gasteiger partial charge in [0.1, 0.15) is 5.76 Å². The van der Waals surface area contributed by atoms with E-state index in [0.717, 1.165) is 0 Å². The molecule has 100 valence electrons. The van der Waals surface area contributed by atoms with E-state index in [1.165, 1.54) is 7.11 Å². The number of nitrogens with one attached hydrogen (secondary N) is 1. The highest BCUT2D eigenvalue weighted by Crippen LogP contribution is 2.46. The van der Waals surface area contributed by atoms with E-state index >= 15 is 0 Å². The van der Waals surface area contributed by atoms with Crippen LogP contribution in [0.3, 0.4) is 0 Å². The van der Waals surface area contributed by atoms with Crippen LogP contribution in [-0.2, 0) is 25.6 Å². The van der Waals surface area contributed by atoms with E-state index in [4.69, 9.17) is 26.0 Å². The van der Waals surface area contributed by atoms with Crippen LogP contribution in [-0.4, -0.2) is 24.7 Å². The van der Waals surface area contributed by atoms with Crippen LogP contribution < -0.4 is 5.09 Å². The van der Waals surface area contributed by atoms with Crippen LogP contribution in [0.15, 0.2) is 11.3 Å². The standard InChI is InChI=1S/C10H20NO4PS/c1-5-8(10(12)13)9(6-2)15-16(17,14-4)11-7-3/h5-7H2,1-4H3,(H,11,17)(H,12,13)/b9-8+. The van der Waals surface area contributed by atoms with Gasteiger partial charge in [0.05, 0.1) is 5.57 Å². The lowest BCUT2D eigenvalue weighted by molar-refractivity contribution is -0.133. The fourth-order valence-corrected chi connectivity index (χ4v) is 3.12. The molecule has 5 nitrogen and oxygen atoms in total. The molecule has 0 saturated carbocycles. The van der Waals surface area contributed by atoms with Gasteiger partial charge in [-0.3, -0.25) is 0 Å². The summed E-state index contributed by atoms with van der Waals surface area (Å²) in [6.45, 7) is 3.47. The first-order valence-corrected chi connectivity index (χ1v) is 8.13. The fraction of sp³-hybridized carbons (Fsp3) is 0.700. The molecule has 0 aliphatic carbocycles. The summed E-state index contributed by atoms with van der Waals surface area (Å²) in [7, 11) is 1.46. The molecule has 17 heavy (non-hydrogen) atoms. The third-order valence-electron chi connectivity index (χ3n) is 2.09. The van der Waals surface area contributed by atoms with Crippen molar-refractivity contribution in [3.05, 3.63) is 11.3 Å². The maximum atomic E-state index is 11.0. The third-order valence-corrected chi connectivity index (χ3v) is 4.80.